The second-order valence-corrected chi connectivity index (χ2v) is 5.81. The van der Waals surface area contributed by atoms with Gasteiger partial charge in [-0.15, -0.1) is 16.4 Å². The number of methoxy groups -OCH3 is 1. The molecule has 120 valence electrons. The zero-order valence-corrected chi connectivity index (χ0v) is 13.4. The van der Waals surface area contributed by atoms with E-state index in [1.165, 1.54) is 20.4 Å². The number of aromatic nitrogens is 3. The van der Waals surface area contributed by atoms with Gasteiger partial charge in [-0.3, -0.25) is 9.20 Å². The fraction of sp³-hybridized carbons (Fsp3) is 0.267. The zero-order valence-electron chi connectivity index (χ0n) is 12.6. The fourth-order valence-corrected chi connectivity index (χ4v) is 2.95. The van der Waals surface area contributed by atoms with Gasteiger partial charge in [0.15, 0.2) is 5.65 Å². The molecule has 3 aromatic rings. The summed E-state index contributed by atoms with van der Waals surface area (Å²) in [6, 6.07) is 7.11. The van der Waals surface area contributed by atoms with Gasteiger partial charge in [-0.1, -0.05) is 6.07 Å². The molecule has 0 saturated carbocycles. The molecule has 0 unspecified atom stereocenters. The van der Waals surface area contributed by atoms with E-state index in [4.69, 9.17) is 4.74 Å². The second-order valence-electron chi connectivity index (χ2n) is 4.89. The smallest absolute Gasteiger partial charge is 0.350 e. The van der Waals surface area contributed by atoms with Crippen molar-refractivity contribution in [2.45, 2.75) is 13.0 Å². The lowest BCUT2D eigenvalue weighted by Gasteiger charge is -2.03. The monoisotopic (exact) mass is 332 g/mol. The summed E-state index contributed by atoms with van der Waals surface area (Å²) in [6.45, 7) is 0.925. The minimum absolute atomic E-state index is 0.138. The van der Waals surface area contributed by atoms with Crippen LogP contribution in [-0.2, 0) is 6.54 Å². The van der Waals surface area contributed by atoms with E-state index in [1.54, 1.807) is 36.9 Å². The summed E-state index contributed by atoms with van der Waals surface area (Å²) in [6.07, 6.45) is 2.31. The largest absolute Gasteiger partial charge is 0.496 e. The normalized spacial score (nSPS) is 10.8. The summed E-state index contributed by atoms with van der Waals surface area (Å²) >= 11 is 1.33. The van der Waals surface area contributed by atoms with Gasteiger partial charge in [-0.25, -0.2) is 9.48 Å². The molecule has 0 bridgehead atoms. The average molecular weight is 332 g/mol. The van der Waals surface area contributed by atoms with Crippen molar-refractivity contribution in [1.29, 1.82) is 0 Å². The van der Waals surface area contributed by atoms with Crippen molar-refractivity contribution < 1.29 is 9.53 Å². The van der Waals surface area contributed by atoms with E-state index >= 15 is 0 Å². The molecule has 0 spiro atoms. The summed E-state index contributed by atoms with van der Waals surface area (Å²) in [4.78, 5) is 24.6. The maximum atomic E-state index is 12.1. The Kier molecular flexibility index (Phi) is 4.42. The van der Waals surface area contributed by atoms with Crippen LogP contribution >= 0.6 is 11.3 Å². The number of aryl methyl sites for hydroxylation is 1. The van der Waals surface area contributed by atoms with Crippen LogP contribution in [0.25, 0.3) is 5.65 Å². The maximum Gasteiger partial charge on any atom is 0.350 e. The molecule has 0 aliphatic heterocycles. The minimum atomic E-state index is -0.171. The van der Waals surface area contributed by atoms with Crippen LogP contribution in [-0.4, -0.2) is 33.7 Å². The number of nitrogens with zero attached hydrogens (tertiary/aromatic N) is 3. The number of carbonyl (C=O) groups is 1. The predicted molar refractivity (Wildman–Crippen MR) is 87.3 cm³/mol. The maximum absolute atomic E-state index is 12.1. The lowest BCUT2D eigenvalue weighted by Crippen LogP contribution is -2.27. The first-order valence-electron chi connectivity index (χ1n) is 7.14. The van der Waals surface area contributed by atoms with Crippen LogP contribution in [0.3, 0.4) is 0 Å². The molecule has 1 amide bonds. The Morgan fingerprint density at radius 2 is 2.30 bits per heavy atom. The number of rotatable bonds is 6. The fourth-order valence-electron chi connectivity index (χ4n) is 2.18. The van der Waals surface area contributed by atoms with Gasteiger partial charge < -0.3 is 10.1 Å². The van der Waals surface area contributed by atoms with Gasteiger partial charge in [0.1, 0.15) is 5.75 Å². The highest BCUT2D eigenvalue weighted by Gasteiger charge is 2.09. The second kappa shape index (κ2) is 6.66. The van der Waals surface area contributed by atoms with Crippen molar-refractivity contribution in [1.82, 2.24) is 19.5 Å². The molecule has 7 nitrogen and oxygen atoms in total. The zero-order chi connectivity index (χ0) is 16.2. The first-order valence-corrected chi connectivity index (χ1v) is 8.02. The van der Waals surface area contributed by atoms with E-state index < -0.39 is 0 Å². The van der Waals surface area contributed by atoms with Gasteiger partial charge in [-0.05, 0) is 18.6 Å². The van der Waals surface area contributed by atoms with E-state index in [2.05, 4.69) is 10.4 Å². The highest BCUT2D eigenvalue weighted by atomic mass is 32.1. The van der Waals surface area contributed by atoms with Gasteiger partial charge in [0.05, 0.1) is 12.0 Å². The molecule has 0 fully saturated rings. The molecule has 3 heterocycles. The molecule has 8 heteroatoms. The van der Waals surface area contributed by atoms with Crippen molar-refractivity contribution >= 4 is 22.9 Å². The molecule has 0 aromatic carbocycles. The van der Waals surface area contributed by atoms with Crippen LogP contribution in [0, 0.1) is 0 Å². The predicted octanol–water partition coefficient (Wildman–Crippen LogP) is 1.39. The molecular weight excluding hydrogens is 316 g/mol. The molecule has 3 aromatic heterocycles. The van der Waals surface area contributed by atoms with Crippen LogP contribution < -0.4 is 15.7 Å². The summed E-state index contributed by atoms with van der Waals surface area (Å²) in [5.41, 5.74) is 0.446. The number of hydrogen-bond donors (Lipinski definition) is 1. The van der Waals surface area contributed by atoms with E-state index in [0.29, 0.717) is 35.8 Å². The summed E-state index contributed by atoms with van der Waals surface area (Å²) in [5.74, 6) is 0.539. The van der Waals surface area contributed by atoms with Crippen molar-refractivity contribution in [3.8, 4) is 5.75 Å². The summed E-state index contributed by atoms with van der Waals surface area (Å²) in [5, 5.41) is 8.85. The molecule has 0 aliphatic rings. The molecule has 1 N–H and O–H groups in total. The van der Waals surface area contributed by atoms with Gasteiger partial charge in [0, 0.05) is 30.7 Å². The number of carbonyl (C=O) groups excluding carboxylic acids is 1. The highest BCUT2D eigenvalue weighted by molar-refractivity contribution is 7.12. The van der Waals surface area contributed by atoms with Crippen LogP contribution in [0.4, 0.5) is 0 Å². The van der Waals surface area contributed by atoms with Gasteiger partial charge in [0.2, 0.25) is 0 Å². The van der Waals surface area contributed by atoms with Gasteiger partial charge >= 0.3 is 5.69 Å². The van der Waals surface area contributed by atoms with Gasteiger partial charge in [-0.2, -0.15) is 0 Å². The Balaban J connectivity index is 1.54. The Morgan fingerprint density at radius 3 is 3.04 bits per heavy atom. The third kappa shape index (κ3) is 3.26. The molecule has 0 atom stereocenters. The van der Waals surface area contributed by atoms with Crippen LogP contribution in [0.15, 0.2) is 40.6 Å². The van der Waals surface area contributed by atoms with Gasteiger partial charge in [0.25, 0.3) is 5.91 Å². The number of thiophene rings is 1. The molecule has 0 radical (unpaired) electrons. The first-order chi connectivity index (χ1) is 11.2. The van der Waals surface area contributed by atoms with Crippen molar-refractivity contribution in [3.63, 3.8) is 0 Å². The lowest BCUT2D eigenvalue weighted by molar-refractivity contribution is 0.0956. The van der Waals surface area contributed by atoms with E-state index in [-0.39, 0.29) is 11.6 Å². The quantitative estimate of drug-likeness (QED) is 0.692. The molecule has 3 rings (SSSR count). The Hall–Kier alpha value is -2.61. The Bertz CT molecular complexity index is 880. The average Bonchev–Trinajstić information content (AvgIpc) is 3.17. The van der Waals surface area contributed by atoms with Crippen molar-refractivity contribution in [2.24, 2.45) is 0 Å². The number of hydrogen-bond acceptors (Lipinski definition) is 5. The number of nitrogens with one attached hydrogen (secondary N) is 1. The third-order valence-electron chi connectivity index (χ3n) is 3.36. The standard InChI is InChI=1S/C15H16N4O3S/c1-22-11-9-12(23-10-11)14(20)16-6-4-8-19-15(21)18-7-3-2-5-13(18)17-19/h2-3,5,7,9-10H,4,6,8H2,1H3,(H,16,20). The number of fused-ring (bicyclic) bond motifs is 1. The van der Waals surface area contributed by atoms with E-state index in [1.807, 2.05) is 6.07 Å². The van der Waals surface area contributed by atoms with Crippen LogP contribution in [0.2, 0.25) is 0 Å². The Morgan fingerprint density at radius 1 is 1.43 bits per heavy atom. The molecule has 23 heavy (non-hydrogen) atoms. The van der Waals surface area contributed by atoms with Crippen molar-refractivity contribution in [2.75, 3.05) is 13.7 Å². The number of ether oxygens (including phenoxy) is 1. The van der Waals surface area contributed by atoms with Crippen molar-refractivity contribution in [3.05, 3.63) is 51.2 Å². The summed E-state index contributed by atoms with van der Waals surface area (Å²) < 4.78 is 7.96. The number of amides is 1. The van der Waals surface area contributed by atoms with E-state index in [0.717, 1.165) is 0 Å². The first kappa shape index (κ1) is 15.3. The third-order valence-corrected chi connectivity index (χ3v) is 4.26. The Labute approximate surface area is 136 Å². The molecular formula is C15H16N4O3S. The minimum Gasteiger partial charge on any atom is -0.496 e. The summed E-state index contributed by atoms with van der Waals surface area (Å²) in [7, 11) is 1.57. The molecule has 0 aliphatic carbocycles. The lowest BCUT2D eigenvalue weighted by atomic mass is 10.4. The topological polar surface area (TPSA) is 77.6 Å². The number of pyridine rings is 1. The van der Waals surface area contributed by atoms with Crippen LogP contribution in [0.1, 0.15) is 16.1 Å². The van der Waals surface area contributed by atoms with E-state index in [9.17, 15) is 9.59 Å². The SMILES string of the molecule is COc1csc(C(=O)NCCCn2nc3ccccn3c2=O)c1. The van der Waals surface area contributed by atoms with Crippen LogP contribution in [0.5, 0.6) is 5.75 Å². The highest BCUT2D eigenvalue weighted by Crippen LogP contribution is 2.20. The molecule has 0 saturated heterocycles.